The van der Waals surface area contributed by atoms with Crippen LogP contribution >= 0.6 is 0 Å². The second-order valence-corrected chi connectivity index (χ2v) is 9.58. The second kappa shape index (κ2) is 13.5. The summed E-state index contributed by atoms with van der Waals surface area (Å²) in [6.45, 7) is 4.83. The zero-order chi connectivity index (χ0) is 28.6. The van der Waals surface area contributed by atoms with Crippen molar-refractivity contribution in [1.82, 2.24) is 20.9 Å². The summed E-state index contributed by atoms with van der Waals surface area (Å²) < 4.78 is 0. The zero-order valence-corrected chi connectivity index (χ0v) is 21.4. The van der Waals surface area contributed by atoms with Crippen LogP contribution in [0.1, 0.15) is 39.2 Å². The largest absolute Gasteiger partial charge is 0.481 e. The Hall–Kier alpha value is -3.97. The van der Waals surface area contributed by atoms with Crippen molar-refractivity contribution < 1.29 is 39.3 Å². The van der Waals surface area contributed by atoms with Crippen LogP contribution in [-0.2, 0) is 30.4 Å². The van der Waals surface area contributed by atoms with Gasteiger partial charge in [0, 0.05) is 23.5 Å². The van der Waals surface area contributed by atoms with Gasteiger partial charge in [-0.05, 0) is 30.9 Å². The molecule has 0 bridgehead atoms. The number of aliphatic hydroxyl groups excluding tert-OH is 1. The molecular formula is C25H35N5O8. The maximum Gasteiger partial charge on any atom is 0.326 e. The minimum atomic E-state index is -1.56. The van der Waals surface area contributed by atoms with Gasteiger partial charge in [0.15, 0.2) is 0 Å². The average Bonchev–Trinajstić information content (AvgIpc) is 3.23. The molecule has 5 unspecified atom stereocenters. The number of aliphatic hydroxyl groups is 1. The Morgan fingerprint density at radius 2 is 1.55 bits per heavy atom. The van der Waals surface area contributed by atoms with Gasteiger partial charge in [-0.1, -0.05) is 32.0 Å². The van der Waals surface area contributed by atoms with E-state index in [-0.39, 0.29) is 18.8 Å². The van der Waals surface area contributed by atoms with Crippen molar-refractivity contribution in [3.8, 4) is 0 Å². The lowest BCUT2D eigenvalue weighted by Gasteiger charge is -2.26. The van der Waals surface area contributed by atoms with Crippen molar-refractivity contribution in [2.75, 3.05) is 0 Å². The van der Waals surface area contributed by atoms with E-state index in [2.05, 4.69) is 20.9 Å². The van der Waals surface area contributed by atoms with Gasteiger partial charge in [0.25, 0.3) is 0 Å². The normalized spacial score (nSPS) is 15.2. The van der Waals surface area contributed by atoms with Crippen LogP contribution in [0, 0.1) is 5.92 Å². The fraction of sp³-hybridized carbons (Fsp3) is 0.480. The van der Waals surface area contributed by atoms with Gasteiger partial charge in [-0.25, -0.2) is 4.79 Å². The first kappa shape index (κ1) is 30.3. The van der Waals surface area contributed by atoms with Crippen molar-refractivity contribution in [2.45, 2.75) is 70.3 Å². The standard InChI is InChI=1S/C25H35N5O8/c1-12(2)8-19(25(37)38)29-23(35)18(9-14-11-27-17-7-5-4-6-15(14)17)28-24(36)21(13(3)31)30-22(34)16(26)10-20(32)33/h4-7,11-13,16,18-19,21,27,31H,8-10,26H2,1-3H3,(H,28,36)(H,29,35)(H,30,34)(H,32,33)(H,37,38). The van der Waals surface area contributed by atoms with Crippen molar-refractivity contribution in [3.63, 3.8) is 0 Å². The monoisotopic (exact) mass is 533 g/mol. The molecule has 13 nitrogen and oxygen atoms in total. The first-order valence-corrected chi connectivity index (χ1v) is 12.1. The Bertz CT molecular complexity index is 1160. The van der Waals surface area contributed by atoms with E-state index in [9.17, 15) is 34.2 Å². The lowest BCUT2D eigenvalue weighted by Crippen LogP contribution is -2.60. The van der Waals surface area contributed by atoms with E-state index < -0.39 is 66.4 Å². The number of carboxylic acid groups (broad SMARTS) is 2. The van der Waals surface area contributed by atoms with Crippen LogP contribution in [-0.4, -0.2) is 80.2 Å². The van der Waals surface area contributed by atoms with E-state index in [1.165, 1.54) is 6.92 Å². The van der Waals surface area contributed by atoms with E-state index in [1.54, 1.807) is 26.1 Å². The highest BCUT2D eigenvalue weighted by Crippen LogP contribution is 2.19. The molecule has 0 saturated heterocycles. The number of benzene rings is 1. The Kier molecular flexibility index (Phi) is 10.8. The van der Waals surface area contributed by atoms with Crippen LogP contribution in [0.3, 0.4) is 0 Å². The van der Waals surface area contributed by atoms with Gasteiger partial charge >= 0.3 is 11.9 Å². The number of carboxylic acids is 2. The number of hydrogen-bond acceptors (Lipinski definition) is 7. The van der Waals surface area contributed by atoms with Gasteiger partial charge in [-0.2, -0.15) is 0 Å². The Morgan fingerprint density at radius 1 is 0.921 bits per heavy atom. The van der Waals surface area contributed by atoms with Gasteiger partial charge in [-0.3, -0.25) is 19.2 Å². The SMILES string of the molecule is CC(C)CC(NC(=O)C(Cc1c[nH]c2ccccc12)NC(=O)C(NC(=O)C(N)CC(=O)O)C(C)O)C(=O)O. The maximum absolute atomic E-state index is 13.2. The second-order valence-electron chi connectivity index (χ2n) is 9.58. The number of carbonyl (C=O) groups is 5. The number of rotatable bonds is 14. The summed E-state index contributed by atoms with van der Waals surface area (Å²) in [4.78, 5) is 64.3. The lowest BCUT2D eigenvalue weighted by molar-refractivity contribution is -0.143. The molecule has 0 fully saturated rings. The topological polar surface area (TPSA) is 224 Å². The molecule has 0 aliphatic heterocycles. The third-order valence-electron chi connectivity index (χ3n) is 5.85. The van der Waals surface area contributed by atoms with Crippen LogP contribution in [0.4, 0.5) is 0 Å². The molecular weight excluding hydrogens is 498 g/mol. The molecule has 0 aliphatic carbocycles. The zero-order valence-electron chi connectivity index (χ0n) is 21.4. The number of aromatic amines is 1. The minimum Gasteiger partial charge on any atom is -0.481 e. The summed E-state index contributed by atoms with van der Waals surface area (Å²) in [7, 11) is 0. The van der Waals surface area contributed by atoms with Crippen LogP contribution in [0.5, 0.6) is 0 Å². The number of fused-ring (bicyclic) bond motifs is 1. The van der Waals surface area contributed by atoms with Crippen molar-refractivity contribution in [1.29, 1.82) is 0 Å². The fourth-order valence-corrected chi connectivity index (χ4v) is 3.90. The van der Waals surface area contributed by atoms with Gasteiger partial charge in [-0.15, -0.1) is 0 Å². The van der Waals surface area contributed by atoms with Gasteiger partial charge in [0.2, 0.25) is 17.7 Å². The molecule has 208 valence electrons. The molecule has 38 heavy (non-hydrogen) atoms. The summed E-state index contributed by atoms with van der Waals surface area (Å²) in [5.41, 5.74) is 7.01. The summed E-state index contributed by atoms with van der Waals surface area (Å²) >= 11 is 0. The summed E-state index contributed by atoms with van der Waals surface area (Å²) in [6, 6.07) is 1.76. The molecule has 5 atom stereocenters. The van der Waals surface area contributed by atoms with E-state index in [0.29, 0.717) is 5.56 Å². The molecule has 3 amide bonds. The maximum atomic E-state index is 13.2. The highest BCUT2D eigenvalue weighted by atomic mass is 16.4. The smallest absolute Gasteiger partial charge is 0.326 e. The van der Waals surface area contributed by atoms with Crippen LogP contribution in [0.2, 0.25) is 0 Å². The molecule has 1 heterocycles. The van der Waals surface area contributed by atoms with Gasteiger partial charge in [0.1, 0.15) is 18.1 Å². The summed E-state index contributed by atoms with van der Waals surface area (Å²) in [5.74, 6) is -5.28. The Labute approximate surface area is 219 Å². The Balaban J connectivity index is 2.31. The van der Waals surface area contributed by atoms with Crippen LogP contribution in [0.15, 0.2) is 30.5 Å². The molecule has 2 rings (SSSR count). The number of nitrogens with one attached hydrogen (secondary N) is 4. The highest BCUT2D eigenvalue weighted by Gasteiger charge is 2.33. The number of nitrogens with two attached hydrogens (primary N) is 1. The fourth-order valence-electron chi connectivity index (χ4n) is 3.90. The van der Waals surface area contributed by atoms with E-state index in [4.69, 9.17) is 10.8 Å². The van der Waals surface area contributed by atoms with E-state index in [1.807, 2.05) is 18.2 Å². The molecule has 13 heteroatoms. The van der Waals surface area contributed by atoms with E-state index >= 15 is 0 Å². The average molecular weight is 534 g/mol. The number of amides is 3. The molecule has 0 saturated carbocycles. The highest BCUT2D eigenvalue weighted by molar-refractivity contribution is 5.95. The van der Waals surface area contributed by atoms with Gasteiger partial charge in [0.05, 0.1) is 18.6 Å². The minimum absolute atomic E-state index is 0.0331. The van der Waals surface area contributed by atoms with E-state index in [0.717, 1.165) is 10.9 Å². The molecule has 0 radical (unpaired) electrons. The third-order valence-corrected chi connectivity index (χ3v) is 5.85. The van der Waals surface area contributed by atoms with Crippen molar-refractivity contribution in [2.24, 2.45) is 11.7 Å². The number of aliphatic carboxylic acids is 2. The predicted octanol–water partition coefficient (Wildman–Crippen LogP) is -0.522. The first-order valence-electron chi connectivity index (χ1n) is 12.1. The lowest BCUT2D eigenvalue weighted by atomic mass is 10.0. The Morgan fingerprint density at radius 3 is 2.13 bits per heavy atom. The van der Waals surface area contributed by atoms with Gasteiger partial charge < -0.3 is 42.0 Å². The number of aromatic nitrogens is 1. The molecule has 1 aromatic heterocycles. The van der Waals surface area contributed by atoms with Crippen molar-refractivity contribution in [3.05, 3.63) is 36.0 Å². The molecule has 1 aromatic carbocycles. The number of hydrogen-bond donors (Lipinski definition) is 8. The molecule has 0 aliphatic rings. The molecule has 2 aromatic rings. The molecule has 9 N–H and O–H groups in total. The third kappa shape index (κ3) is 8.56. The summed E-state index contributed by atoms with van der Waals surface area (Å²) in [5, 5.41) is 36.5. The summed E-state index contributed by atoms with van der Waals surface area (Å²) in [6.07, 6.45) is -0.339. The van der Waals surface area contributed by atoms with Crippen LogP contribution in [0.25, 0.3) is 10.9 Å². The number of para-hydroxylation sites is 1. The first-order chi connectivity index (χ1) is 17.8. The number of H-pyrrole nitrogens is 1. The molecule has 0 spiro atoms. The van der Waals surface area contributed by atoms with Crippen molar-refractivity contribution >= 4 is 40.6 Å². The quantitative estimate of drug-likeness (QED) is 0.156. The van der Waals surface area contributed by atoms with Crippen LogP contribution < -0.4 is 21.7 Å². The predicted molar refractivity (Wildman–Crippen MR) is 137 cm³/mol. The number of carbonyl (C=O) groups excluding carboxylic acids is 3.